The number of hydrogen-bond acceptors (Lipinski definition) is 2. The van der Waals surface area contributed by atoms with Crippen LogP contribution in [0.1, 0.15) is 13.8 Å². The van der Waals surface area contributed by atoms with Crippen LogP contribution in [0.15, 0.2) is 29.3 Å². The van der Waals surface area contributed by atoms with Crippen molar-refractivity contribution in [1.29, 1.82) is 0 Å². The number of rotatable bonds is 1. The smallest absolute Gasteiger partial charge is 0.0863 e. The SMILES string of the molecule is CCN1CC(C)=Nc2ccccc21. The molecule has 0 radical (unpaired) electrons. The highest BCUT2D eigenvalue weighted by molar-refractivity contribution is 5.94. The molecule has 0 amide bonds. The molecule has 1 aliphatic heterocycles. The van der Waals surface area contributed by atoms with Gasteiger partial charge in [-0.3, -0.25) is 4.99 Å². The van der Waals surface area contributed by atoms with Crippen LogP contribution in [0.25, 0.3) is 0 Å². The van der Waals surface area contributed by atoms with E-state index in [0.717, 1.165) is 18.8 Å². The van der Waals surface area contributed by atoms with E-state index in [2.05, 4.69) is 41.9 Å². The van der Waals surface area contributed by atoms with Gasteiger partial charge in [0.1, 0.15) is 0 Å². The number of hydrogen-bond donors (Lipinski definition) is 0. The summed E-state index contributed by atoms with van der Waals surface area (Å²) in [7, 11) is 0. The largest absolute Gasteiger partial charge is 0.365 e. The topological polar surface area (TPSA) is 15.6 Å². The molecule has 0 atom stereocenters. The van der Waals surface area contributed by atoms with Gasteiger partial charge < -0.3 is 4.90 Å². The van der Waals surface area contributed by atoms with Crippen molar-refractivity contribution in [2.75, 3.05) is 18.0 Å². The molecule has 1 aromatic carbocycles. The summed E-state index contributed by atoms with van der Waals surface area (Å²) in [6.45, 7) is 6.27. The molecule has 68 valence electrons. The minimum absolute atomic E-state index is 0.966. The van der Waals surface area contributed by atoms with Crippen molar-refractivity contribution >= 4 is 17.1 Å². The summed E-state index contributed by atoms with van der Waals surface area (Å²) in [5.74, 6) is 0. The summed E-state index contributed by atoms with van der Waals surface area (Å²) in [5.41, 5.74) is 3.56. The summed E-state index contributed by atoms with van der Waals surface area (Å²) in [6.07, 6.45) is 0. The molecule has 13 heavy (non-hydrogen) atoms. The molecule has 2 heteroatoms. The minimum atomic E-state index is 0.966. The summed E-state index contributed by atoms with van der Waals surface area (Å²) in [4.78, 5) is 6.86. The molecular formula is C11H14N2. The predicted octanol–water partition coefficient (Wildman–Crippen LogP) is 2.62. The summed E-state index contributed by atoms with van der Waals surface area (Å²) in [5, 5.41) is 0. The third-order valence-corrected chi connectivity index (χ3v) is 2.34. The first-order chi connectivity index (χ1) is 6.31. The van der Waals surface area contributed by atoms with Crippen LogP contribution >= 0.6 is 0 Å². The van der Waals surface area contributed by atoms with Gasteiger partial charge >= 0.3 is 0 Å². The quantitative estimate of drug-likeness (QED) is 0.639. The summed E-state index contributed by atoms with van der Waals surface area (Å²) < 4.78 is 0. The van der Waals surface area contributed by atoms with Crippen LogP contribution in [0.5, 0.6) is 0 Å². The van der Waals surface area contributed by atoms with E-state index >= 15 is 0 Å². The molecule has 0 aromatic heterocycles. The average molecular weight is 174 g/mol. The second-order valence-corrected chi connectivity index (χ2v) is 3.35. The van der Waals surface area contributed by atoms with Gasteiger partial charge in [0.15, 0.2) is 0 Å². The zero-order valence-electron chi connectivity index (χ0n) is 8.12. The number of para-hydroxylation sites is 2. The Balaban J connectivity index is 2.48. The maximum Gasteiger partial charge on any atom is 0.0863 e. The predicted molar refractivity (Wildman–Crippen MR) is 57.1 cm³/mol. The van der Waals surface area contributed by atoms with E-state index in [1.165, 1.54) is 11.4 Å². The Morgan fingerprint density at radius 2 is 2.15 bits per heavy atom. The van der Waals surface area contributed by atoms with E-state index in [1.54, 1.807) is 0 Å². The number of anilines is 1. The molecule has 0 aliphatic carbocycles. The van der Waals surface area contributed by atoms with E-state index in [1.807, 2.05) is 6.07 Å². The van der Waals surface area contributed by atoms with E-state index in [-0.39, 0.29) is 0 Å². The molecule has 0 fully saturated rings. The van der Waals surface area contributed by atoms with Crippen LogP contribution in [0, 0.1) is 0 Å². The highest BCUT2D eigenvalue weighted by Crippen LogP contribution is 2.31. The Morgan fingerprint density at radius 3 is 2.92 bits per heavy atom. The van der Waals surface area contributed by atoms with Crippen molar-refractivity contribution in [3.63, 3.8) is 0 Å². The summed E-state index contributed by atoms with van der Waals surface area (Å²) in [6, 6.07) is 8.31. The zero-order valence-corrected chi connectivity index (χ0v) is 8.12. The van der Waals surface area contributed by atoms with Gasteiger partial charge in [-0.05, 0) is 26.0 Å². The molecule has 0 saturated heterocycles. The number of fused-ring (bicyclic) bond motifs is 1. The van der Waals surface area contributed by atoms with Crippen LogP contribution in [-0.2, 0) is 0 Å². The van der Waals surface area contributed by atoms with Crippen molar-refractivity contribution in [3.05, 3.63) is 24.3 Å². The fourth-order valence-electron chi connectivity index (χ4n) is 1.71. The molecule has 1 heterocycles. The van der Waals surface area contributed by atoms with Crippen molar-refractivity contribution in [1.82, 2.24) is 0 Å². The third-order valence-electron chi connectivity index (χ3n) is 2.34. The van der Waals surface area contributed by atoms with Crippen molar-refractivity contribution in [2.24, 2.45) is 4.99 Å². The molecule has 0 bridgehead atoms. The van der Waals surface area contributed by atoms with Gasteiger partial charge in [0, 0.05) is 12.3 Å². The van der Waals surface area contributed by atoms with Crippen molar-refractivity contribution in [2.45, 2.75) is 13.8 Å². The molecule has 2 nitrogen and oxygen atoms in total. The third kappa shape index (κ3) is 1.44. The first kappa shape index (κ1) is 8.30. The molecule has 2 rings (SSSR count). The number of benzene rings is 1. The second kappa shape index (κ2) is 3.21. The average Bonchev–Trinajstić information content (AvgIpc) is 2.16. The highest BCUT2D eigenvalue weighted by atomic mass is 15.2. The fourth-order valence-corrected chi connectivity index (χ4v) is 1.71. The molecule has 0 N–H and O–H groups in total. The maximum absolute atomic E-state index is 4.52. The Labute approximate surface area is 78.9 Å². The van der Waals surface area contributed by atoms with Gasteiger partial charge in [0.25, 0.3) is 0 Å². The maximum atomic E-state index is 4.52. The normalized spacial score (nSPS) is 15.2. The molecule has 0 saturated carbocycles. The monoisotopic (exact) mass is 174 g/mol. The van der Waals surface area contributed by atoms with Crippen LogP contribution in [-0.4, -0.2) is 18.8 Å². The summed E-state index contributed by atoms with van der Waals surface area (Å²) >= 11 is 0. The van der Waals surface area contributed by atoms with Gasteiger partial charge in [-0.1, -0.05) is 12.1 Å². The lowest BCUT2D eigenvalue weighted by atomic mass is 10.2. The highest BCUT2D eigenvalue weighted by Gasteiger charge is 2.14. The molecule has 0 spiro atoms. The molecule has 1 aromatic rings. The standard InChI is InChI=1S/C11H14N2/c1-3-13-8-9(2)12-10-6-4-5-7-11(10)13/h4-7H,3,8H2,1-2H3. The van der Waals surface area contributed by atoms with E-state index in [4.69, 9.17) is 0 Å². The van der Waals surface area contributed by atoms with Crippen LogP contribution in [0.4, 0.5) is 11.4 Å². The van der Waals surface area contributed by atoms with Crippen LogP contribution in [0.2, 0.25) is 0 Å². The first-order valence-corrected chi connectivity index (χ1v) is 4.69. The van der Waals surface area contributed by atoms with Crippen LogP contribution < -0.4 is 4.90 Å². The first-order valence-electron chi connectivity index (χ1n) is 4.69. The zero-order chi connectivity index (χ0) is 9.26. The number of nitrogens with zero attached hydrogens (tertiary/aromatic N) is 2. The fraction of sp³-hybridized carbons (Fsp3) is 0.364. The lowest BCUT2D eigenvalue weighted by molar-refractivity contribution is 0.910. The van der Waals surface area contributed by atoms with Gasteiger partial charge in [-0.15, -0.1) is 0 Å². The van der Waals surface area contributed by atoms with Crippen molar-refractivity contribution < 1.29 is 0 Å². The van der Waals surface area contributed by atoms with Gasteiger partial charge in [-0.25, -0.2) is 0 Å². The Bertz CT molecular complexity index is 342. The van der Waals surface area contributed by atoms with Gasteiger partial charge in [0.2, 0.25) is 0 Å². The lowest BCUT2D eigenvalue weighted by Gasteiger charge is -2.28. The van der Waals surface area contributed by atoms with Gasteiger partial charge in [-0.2, -0.15) is 0 Å². The second-order valence-electron chi connectivity index (χ2n) is 3.35. The van der Waals surface area contributed by atoms with Gasteiger partial charge in [0.05, 0.1) is 17.9 Å². The Hall–Kier alpha value is -1.31. The van der Waals surface area contributed by atoms with Crippen LogP contribution in [0.3, 0.4) is 0 Å². The van der Waals surface area contributed by atoms with E-state index in [9.17, 15) is 0 Å². The molecule has 0 unspecified atom stereocenters. The van der Waals surface area contributed by atoms with E-state index < -0.39 is 0 Å². The number of aliphatic imine (C=N–C) groups is 1. The van der Waals surface area contributed by atoms with Crippen molar-refractivity contribution in [3.8, 4) is 0 Å². The minimum Gasteiger partial charge on any atom is -0.365 e. The van der Waals surface area contributed by atoms with E-state index in [0.29, 0.717) is 0 Å². The Morgan fingerprint density at radius 1 is 1.38 bits per heavy atom. The molecule has 1 aliphatic rings. The Kier molecular flexibility index (Phi) is 2.05. The lowest BCUT2D eigenvalue weighted by Crippen LogP contribution is -2.30. The molecular weight excluding hydrogens is 160 g/mol.